The molecule has 0 spiro atoms. The van der Waals surface area contributed by atoms with Gasteiger partial charge in [0.2, 0.25) is 0 Å². The average Bonchev–Trinajstić information content (AvgIpc) is 2.93. The Morgan fingerprint density at radius 1 is 1.29 bits per heavy atom. The zero-order chi connectivity index (χ0) is 15.6. The van der Waals surface area contributed by atoms with Crippen molar-refractivity contribution in [2.45, 2.75) is 53.6 Å². The summed E-state index contributed by atoms with van der Waals surface area (Å²) in [7, 11) is 0. The zero-order valence-corrected chi connectivity index (χ0v) is 13.5. The Labute approximate surface area is 125 Å². The first-order valence-corrected chi connectivity index (χ1v) is 7.33. The molecule has 0 saturated heterocycles. The summed E-state index contributed by atoms with van der Waals surface area (Å²) in [5.41, 5.74) is 5.15. The second-order valence-corrected chi connectivity index (χ2v) is 5.93. The third-order valence-corrected chi connectivity index (χ3v) is 3.79. The summed E-state index contributed by atoms with van der Waals surface area (Å²) in [6, 6.07) is -0.0300. The fraction of sp³-hybridized carbons (Fsp3) is 0.600. The number of hydrogen-bond donors (Lipinski definition) is 2. The molecule has 0 aliphatic rings. The molecule has 6 heteroatoms. The molecule has 0 amide bonds. The van der Waals surface area contributed by atoms with Crippen molar-refractivity contribution in [3.05, 3.63) is 34.8 Å². The van der Waals surface area contributed by atoms with Crippen LogP contribution in [0.5, 0.6) is 0 Å². The molecule has 2 aromatic rings. The fourth-order valence-corrected chi connectivity index (χ4v) is 2.69. The first kappa shape index (κ1) is 15.7. The molecule has 0 fully saturated rings. The SMILES string of the molecule is Cc1oc(C)c(C(Cc2ncnn2CC(C)C)NN)c1C. The van der Waals surface area contributed by atoms with E-state index in [4.69, 9.17) is 10.3 Å². The molecule has 2 rings (SSSR count). The molecular weight excluding hydrogens is 266 g/mol. The Morgan fingerprint density at radius 3 is 2.52 bits per heavy atom. The first-order valence-electron chi connectivity index (χ1n) is 7.33. The minimum absolute atomic E-state index is 0.0300. The molecule has 3 N–H and O–H groups in total. The van der Waals surface area contributed by atoms with E-state index in [1.54, 1.807) is 6.33 Å². The van der Waals surface area contributed by atoms with Gasteiger partial charge >= 0.3 is 0 Å². The van der Waals surface area contributed by atoms with Gasteiger partial charge in [0.1, 0.15) is 23.7 Å². The molecule has 0 aliphatic heterocycles. The third-order valence-electron chi connectivity index (χ3n) is 3.79. The Kier molecular flexibility index (Phi) is 4.80. The topological polar surface area (TPSA) is 81.9 Å². The van der Waals surface area contributed by atoms with Crippen LogP contribution in [0.1, 0.15) is 48.4 Å². The summed E-state index contributed by atoms with van der Waals surface area (Å²) in [5.74, 6) is 9.07. The van der Waals surface area contributed by atoms with Crippen LogP contribution in [0.4, 0.5) is 0 Å². The molecule has 1 unspecified atom stereocenters. The van der Waals surface area contributed by atoms with Gasteiger partial charge in [0.15, 0.2) is 0 Å². The number of aromatic nitrogens is 3. The highest BCUT2D eigenvalue weighted by atomic mass is 16.3. The lowest BCUT2D eigenvalue weighted by atomic mass is 9.99. The lowest BCUT2D eigenvalue weighted by Crippen LogP contribution is -2.31. The maximum Gasteiger partial charge on any atom is 0.138 e. The zero-order valence-electron chi connectivity index (χ0n) is 13.5. The quantitative estimate of drug-likeness (QED) is 0.630. The smallest absolute Gasteiger partial charge is 0.138 e. The molecule has 0 aromatic carbocycles. The van der Waals surface area contributed by atoms with Crippen molar-refractivity contribution in [1.29, 1.82) is 0 Å². The van der Waals surface area contributed by atoms with Crippen molar-refractivity contribution >= 4 is 0 Å². The van der Waals surface area contributed by atoms with Crippen LogP contribution in [0, 0.1) is 26.7 Å². The minimum atomic E-state index is -0.0300. The molecule has 0 bridgehead atoms. The highest BCUT2D eigenvalue weighted by Gasteiger charge is 2.22. The second kappa shape index (κ2) is 6.41. The van der Waals surface area contributed by atoms with Crippen LogP contribution in [0.15, 0.2) is 10.7 Å². The Hall–Kier alpha value is -1.66. The molecule has 0 saturated carbocycles. The largest absolute Gasteiger partial charge is 0.466 e. The second-order valence-electron chi connectivity index (χ2n) is 5.93. The summed E-state index contributed by atoms with van der Waals surface area (Å²) in [6.45, 7) is 11.2. The van der Waals surface area contributed by atoms with Gasteiger partial charge in [-0.05, 0) is 32.3 Å². The van der Waals surface area contributed by atoms with Gasteiger partial charge < -0.3 is 4.42 Å². The van der Waals surface area contributed by atoms with Gasteiger partial charge in [0, 0.05) is 18.5 Å². The van der Waals surface area contributed by atoms with E-state index in [0.29, 0.717) is 12.3 Å². The van der Waals surface area contributed by atoms with E-state index in [0.717, 1.165) is 35.0 Å². The number of furan rings is 1. The highest BCUT2D eigenvalue weighted by molar-refractivity contribution is 5.34. The normalized spacial score (nSPS) is 13.1. The number of aryl methyl sites for hydroxylation is 2. The summed E-state index contributed by atoms with van der Waals surface area (Å²) in [6.07, 6.45) is 2.29. The van der Waals surface area contributed by atoms with Crippen LogP contribution in [-0.2, 0) is 13.0 Å². The van der Waals surface area contributed by atoms with Crippen molar-refractivity contribution in [3.8, 4) is 0 Å². The number of nitrogens with two attached hydrogens (primary N) is 1. The van der Waals surface area contributed by atoms with Gasteiger partial charge in [0.25, 0.3) is 0 Å². The van der Waals surface area contributed by atoms with E-state index in [1.165, 1.54) is 0 Å². The van der Waals surface area contributed by atoms with Gasteiger partial charge in [-0.1, -0.05) is 13.8 Å². The number of hydrazine groups is 1. The molecule has 116 valence electrons. The van der Waals surface area contributed by atoms with E-state index in [1.807, 2.05) is 18.5 Å². The van der Waals surface area contributed by atoms with Gasteiger partial charge in [-0.3, -0.25) is 11.3 Å². The third kappa shape index (κ3) is 3.33. The van der Waals surface area contributed by atoms with Gasteiger partial charge in [-0.2, -0.15) is 5.10 Å². The van der Waals surface area contributed by atoms with Crippen LogP contribution in [0.2, 0.25) is 0 Å². The number of rotatable bonds is 6. The molecule has 1 atom stereocenters. The predicted molar refractivity (Wildman–Crippen MR) is 81.5 cm³/mol. The molecule has 2 heterocycles. The molecule has 21 heavy (non-hydrogen) atoms. The number of nitrogens with one attached hydrogen (secondary N) is 1. The summed E-state index contributed by atoms with van der Waals surface area (Å²) in [5, 5.41) is 4.30. The Morgan fingerprint density at radius 2 is 2.00 bits per heavy atom. The monoisotopic (exact) mass is 291 g/mol. The molecule has 0 aliphatic carbocycles. The first-order chi connectivity index (χ1) is 9.93. The Balaban J connectivity index is 2.26. The van der Waals surface area contributed by atoms with Crippen molar-refractivity contribution in [1.82, 2.24) is 20.2 Å². The predicted octanol–water partition coefficient (Wildman–Crippen LogP) is 2.20. The highest BCUT2D eigenvalue weighted by Crippen LogP contribution is 2.28. The molecule has 6 nitrogen and oxygen atoms in total. The lowest BCUT2D eigenvalue weighted by Gasteiger charge is -2.17. The van der Waals surface area contributed by atoms with Crippen LogP contribution in [0.25, 0.3) is 0 Å². The Bertz CT molecular complexity index is 599. The standard InChI is InChI=1S/C15H25N5O/c1-9(2)7-20-14(17-8-18-20)6-13(19-16)15-10(3)11(4)21-12(15)5/h8-9,13,19H,6-7,16H2,1-5H3. The fourth-order valence-electron chi connectivity index (χ4n) is 2.69. The van der Waals surface area contributed by atoms with Crippen molar-refractivity contribution in [3.63, 3.8) is 0 Å². The number of hydrogen-bond acceptors (Lipinski definition) is 5. The van der Waals surface area contributed by atoms with E-state index in [9.17, 15) is 0 Å². The molecule has 2 aromatic heterocycles. The van der Waals surface area contributed by atoms with Gasteiger partial charge in [-0.15, -0.1) is 0 Å². The minimum Gasteiger partial charge on any atom is -0.466 e. The van der Waals surface area contributed by atoms with E-state index >= 15 is 0 Å². The van der Waals surface area contributed by atoms with Crippen molar-refractivity contribution in [2.24, 2.45) is 11.8 Å². The van der Waals surface area contributed by atoms with Crippen LogP contribution >= 0.6 is 0 Å². The van der Waals surface area contributed by atoms with E-state index in [2.05, 4.69) is 36.3 Å². The summed E-state index contributed by atoms with van der Waals surface area (Å²) >= 11 is 0. The van der Waals surface area contributed by atoms with E-state index < -0.39 is 0 Å². The lowest BCUT2D eigenvalue weighted by molar-refractivity contribution is 0.441. The van der Waals surface area contributed by atoms with Crippen LogP contribution < -0.4 is 11.3 Å². The molecule has 0 radical (unpaired) electrons. The molecular formula is C15H25N5O. The van der Waals surface area contributed by atoms with Gasteiger partial charge in [0.05, 0.1) is 6.04 Å². The summed E-state index contributed by atoms with van der Waals surface area (Å²) < 4.78 is 7.65. The average molecular weight is 291 g/mol. The van der Waals surface area contributed by atoms with Crippen LogP contribution in [-0.4, -0.2) is 14.8 Å². The van der Waals surface area contributed by atoms with Crippen molar-refractivity contribution in [2.75, 3.05) is 0 Å². The van der Waals surface area contributed by atoms with Gasteiger partial charge in [-0.25, -0.2) is 9.67 Å². The summed E-state index contributed by atoms with van der Waals surface area (Å²) in [4.78, 5) is 4.37. The maximum atomic E-state index is 5.77. The van der Waals surface area contributed by atoms with Crippen molar-refractivity contribution < 1.29 is 4.42 Å². The number of nitrogens with zero attached hydrogens (tertiary/aromatic N) is 3. The van der Waals surface area contributed by atoms with E-state index in [-0.39, 0.29) is 6.04 Å². The maximum absolute atomic E-state index is 5.77. The van der Waals surface area contributed by atoms with Crippen LogP contribution in [0.3, 0.4) is 0 Å².